The number of hydrogen-bond donors (Lipinski definition) is 0. The Hall–Kier alpha value is -1.51. The predicted octanol–water partition coefficient (Wildman–Crippen LogP) is 1.86. The van der Waals surface area contributed by atoms with Gasteiger partial charge in [0.1, 0.15) is 5.76 Å². The molecule has 0 aliphatic rings. The summed E-state index contributed by atoms with van der Waals surface area (Å²) in [5.74, 6) is 0.483. The van der Waals surface area contributed by atoms with Crippen LogP contribution in [-0.4, -0.2) is 13.1 Å². The van der Waals surface area contributed by atoms with Crippen molar-refractivity contribution in [2.75, 3.05) is 7.11 Å². The zero-order valence-corrected chi connectivity index (χ0v) is 6.82. The summed E-state index contributed by atoms with van der Waals surface area (Å²) in [4.78, 5) is 10.6. The summed E-state index contributed by atoms with van der Waals surface area (Å²) in [6.07, 6.45) is 5.29. The highest BCUT2D eigenvalue weighted by Crippen LogP contribution is 2.02. The SMILES string of the molecule is COC(=O)C/C=C/c1ccco1. The first-order chi connectivity index (χ1) is 5.83. The molecule has 1 rings (SSSR count). The van der Waals surface area contributed by atoms with Gasteiger partial charge in [-0.2, -0.15) is 0 Å². The van der Waals surface area contributed by atoms with Gasteiger partial charge in [-0.15, -0.1) is 0 Å². The van der Waals surface area contributed by atoms with E-state index in [0.29, 0.717) is 0 Å². The average Bonchev–Trinajstić information content (AvgIpc) is 2.57. The minimum absolute atomic E-state index is 0.252. The summed E-state index contributed by atoms with van der Waals surface area (Å²) < 4.78 is 9.46. The monoisotopic (exact) mass is 166 g/mol. The van der Waals surface area contributed by atoms with Crippen molar-refractivity contribution in [3.63, 3.8) is 0 Å². The quantitative estimate of drug-likeness (QED) is 0.643. The maximum atomic E-state index is 10.6. The Morgan fingerprint density at radius 2 is 2.58 bits per heavy atom. The van der Waals surface area contributed by atoms with Crippen LogP contribution in [0.15, 0.2) is 28.9 Å². The van der Waals surface area contributed by atoms with Crippen molar-refractivity contribution < 1.29 is 13.9 Å². The van der Waals surface area contributed by atoms with E-state index in [-0.39, 0.29) is 12.4 Å². The van der Waals surface area contributed by atoms with E-state index in [1.165, 1.54) is 7.11 Å². The van der Waals surface area contributed by atoms with Crippen molar-refractivity contribution in [2.45, 2.75) is 6.42 Å². The first kappa shape index (κ1) is 8.59. The lowest BCUT2D eigenvalue weighted by Crippen LogP contribution is -1.96. The molecule has 1 aromatic rings. The summed E-state index contributed by atoms with van der Waals surface area (Å²) in [5, 5.41) is 0. The summed E-state index contributed by atoms with van der Waals surface area (Å²) in [6, 6.07) is 3.60. The third-order valence-electron chi connectivity index (χ3n) is 1.34. The molecular formula is C9H10O3. The molecule has 0 saturated carbocycles. The Labute approximate surface area is 70.6 Å². The van der Waals surface area contributed by atoms with Gasteiger partial charge >= 0.3 is 5.97 Å². The molecule has 0 fully saturated rings. The van der Waals surface area contributed by atoms with E-state index >= 15 is 0 Å². The highest BCUT2D eigenvalue weighted by atomic mass is 16.5. The standard InChI is InChI=1S/C9H10O3/c1-11-9(10)6-2-4-8-5-3-7-12-8/h2-5,7H,6H2,1H3/b4-2+. The molecular weight excluding hydrogens is 156 g/mol. The van der Waals surface area contributed by atoms with Gasteiger partial charge in [-0.1, -0.05) is 6.08 Å². The van der Waals surface area contributed by atoms with E-state index < -0.39 is 0 Å². The van der Waals surface area contributed by atoms with Crippen molar-refractivity contribution in [1.82, 2.24) is 0 Å². The molecule has 0 aliphatic carbocycles. The van der Waals surface area contributed by atoms with E-state index in [4.69, 9.17) is 4.42 Å². The van der Waals surface area contributed by atoms with Crippen molar-refractivity contribution in [1.29, 1.82) is 0 Å². The molecule has 1 heterocycles. The van der Waals surface area contributed by atoms with Gasteiger partial charge in [0, 0.05) is 0 Å². The van der Waals surface area contributed by atoms with Gasteiger partial charge in [0.15, 0.2) is 0 Å². The molecule has 0 bridgehead atoms. The number of furan rings is 1. The topological polar surface area (TPSA) is 39.4 Å². The molecule has 0 aliphatic heterocycles. The third-order valence-corrected chi connectivity index (χ3v) is 1.34. The molecule has 64 valence electrons. The largest absolute Gasteiger partial charge is 0.469 e. The highest BCUT2D eigenvalue weighted by molar-refractivity contribution is 5.72. The van der Waals surface area contributed by atoms with Crippen molar-refractivity contribution in [3.8, 4) is 0 Å². The van der Waals surface area contributed by atoms with Gasteiger partial charge in [-0.05, 0) is 18.2 Å². The van der Waals surface area contributed by atoms with Gasteiger partial charge in [-0.25, -0.2) is 0 Å². The Morgan fingerprint density at radius 3 is 3.17 bits per heavy atom. The molecule has 12 heavy (non-hydrogen) atoms. The number of esters is 1. The lowest BCUT2D eigenvalue weighted by molar-refractivity contribution is -0.139. The number of ether oxygens (including phenoxy) is 1. The maximum absolute atomic E-state index is 10.6. The van der Waals surface area contributed by atoms with Crippen molar-refractivity contribution in [2.24, 2.45) is 0 Å². The Balaban J connectivity index is 2.37. The van der Waals surface area contributed by atoms with Crippen molar-refractivity contribution >= 4 is 12.0 Å². The van der Waals surface area contributed by atoms with E-state index in [2.05, 4.69) is 4.74 Å². The summed E-state index contributed by atoms with van der Waals surface area (Å²) in [7, 11) is 1.36. The van der Waals surface area contributed by atoms with Crippen LogP contribution < -0.4 is 0 Å². The van der Waals surface area contributed by atoms with E-state index in [1.54, 1.807) is 24.5 Å². The van der Waals surface area contributed by atoms with E-state index in [9.17, 15) is 4.79 Å². The van der Waals surface area contributed by atoms with E-state index in [1.807, 2.05) is 6.07 Å². The number of hydrogen-bond acceptors (Lipinski definition) is 3. The van der Waals surface area contributed by atoms with Gasteiger partial charge in [-0.3, -0.25) is 4.79 Å². The summed E-state index contributed by atoms with van der Waals surface area (Å²) in [6.45, 7) is 0. The van der Waals surface area contributed by atoms with Gasteiger partial charge in [0.05, 0.1) is 19.8 Å². The van der Waals surface area contributed by atoms with Gasteiger partial charge in [0.25, 0.3) is 0 Å². The minimum Gasteiger partial charge on any atom is -0.469 e. The van der Waals surface area contributed by atoms with E-state index in [0.717, 1.165) is 5.76 Å². The second-order valence-corrected chi connectivity index (χ2v) is 2.20. The molecule has 0 amide bonds. The zero-order valence-electron chi connectivity index (χ0n) is 6.82. The Kier molecular flexibility index (Phi) is 3.14. The molecule has 0 saturated heterocycles. The number of carbonyl (C=O) groups is 1. The molecule has 0 N–H and O–H groups in total. The molecule has 1 aromatic heterocycles. The fourth-order valence-electron chi connectivity index (χ4n) is 0.741. The molecule has 3 heteroatoms. The van der Waals surface area contributed by atoms with Crippen LogP contribution in [0.1, 0.15) is 12.2 Å². The fraction of sp³-hybridized carbons (Fsp3) is 0.222. The summed E-state index contributed by atoms with van der Waals surface area (Å²) >= 11 is 0. The average molecular weight is 166 g/mol. The lowest BCUT2D eigenvalue weighted by atomic mass is 10.3. The second kappa shape index (κ2) is 4.38. The van der Waals surface area contributed by atoms with Crippen LogP contribution in [0.5, 0.6) is 0 Å². The minimum atomic E-state index is -0.252. The van der Waals surface area contributed by atoms with Crippen LogP contribution in [0.2, 0.25) is 0 Å². The summed E-state index contributed by atoms with van der Waals surface area (Å²) in [5.41, 5.74) is 0. The normalized spacial score (nSPS) is 10.4. The molecule has 0 radical (unpaired) electrons. The molecule has 0 unspecified atom stereocenters. The smallest absolute Gasteiger partial charge is 0.309 e. The zero-order chi connectivity index (χ0) is 8.81. The molecule has 0 atom stereocenters. The van der Waals surface area contributed by atoms with Crippen LogP contribution in [0, 0.1) is 0 Å². The maximum Gasteiger partial charge on any atom is 0.309 e. The second-order valence-electron chi connectivity index (χ2n) is 2.20. The number of rotatable bonds is 3. The highest BCUT2D eigenvalue weighted by Gasteiger charge is 1.94. The third kappa shape index (κ3) is 2.62. The van der Waals surface area contributed by atoms with Gasteiger partial charge < -0.3 is 9.15 Å². The first-order valence-corrected chi connectivity index (χ1v) is 3.60. The van der Waals surface area contributed by atoms with Gasteiger partial charge in [0.2, 0.25) is 0 Å². The predicted molar refractivity (Wildman–Crippen MR) is 44.4 cm³/mol. The van der Waals surface area contributed by atoms with Crippen LogP contribution >= 0.6 is 0 Å². The van der Waals surface area contributed by atoms with Crippen LogP contribution in [0.4, 0.5) is 0 Å². The van der Waals surface area contributed by atoms with Crippen LogP contribution in [-0.2, 0) is 9.53 Å². The fourth-order valence-corrected chi connectivity index (χ4v) is 0.741. The first-order valence-electron chi connectivity index (χ1n) is 3.60. The molecule has 0 spiro atoms. The van der Waals surface area contributed by atoms with Crippen molar-refractivity contribution in [3.05, 3.63) is 30.2 Å². The van der Waals surface area contributed by atoms with Crippen LogP contribution in [0.3, 0.4) is 0 Å². The number of carbonyl (C=O) groups excluding carboxylic acids is 1. The molecule has 0 aromatic carbocycles. The Morgan fingerprint density at radius 1 is 1.75 bits per heavy atom. The van der Waals surface area contributed by atoms with Crippen LogP contribution in [0.25, 0.3) is 6.08 Å². The Bertz CT molecular complexity index is 259. The number of methoxy groups -OCH3 is 1. The molecule has 3 nitrogen and oxygen atoms in total. The lowest BCUT2D eigenvalue weighted by Gasteiger charge is -1.90.